The Hall–Kier alpha value is -6.74. The van der Waals surface area contributed by atoms with Gasteiger partial charge in [-0.2, -0.15) is 0 Å². The van der Waals surface area contributed by atoms with Crippen molar-refractivity contribution < 1.29 is 0 Å². The Labute approximate surface area is 319 Å². The maximum Gasteiger partial charge on any atom is 0.0540 e. The first-order valence-electron chi connectivity index (χ1n) is 18.4. The van der Waals surface area contributed by atoms with E-state index in [2.05, 4.69) is 217 Å². The van der Waals surface area contributed by atoms with Gasteiger partial charge < -0.3 is 4.90 Å². The number of nitrogens with zero attached hydrogens (tertiary/aromatic N) is 1. The zero-order valence-corrected chi connectivity index (χ0v) is 30.4. The van der Waals surface area contributed by atoms with E-state index in [1.807, 2.05) is 11.3 Å². The third-order valence-electron chi connectivity index (χ3n) is 10.5. The van der Waals surface area contributed by atoms with E-state index in [-0.39, 0.29) is 0 Å². The summed E-state index contributed by atoms with van der Waals surface area (Å²) in [7, 11) is 0. The van der Waals surface area contributed by atoms with Crippen LogP contribution in [-0.4, -0.2) is 0 Å². The van der Waals surface area contributed by atoms with Crippen molar-refractivity contribution in [1.29, 1.82) is 0 Å². The zero-order chi connectivity index (χ0) is 35.8. The second-order valence-corrected chi connectivity index (χ2v) is 14.7. The fourth-order valence-electron chi connectivity index (χ4n) is 7.96. The Morgan fingerprint density at radius 1 is 0.296 bits per heavy atom. The number of hydrogen-bond donors (Lipinski definition) is 0. The highest BCUT2D eigenvalue weighted by Crippen LogP contribution is 2.48. The van der Waals surface area contributed by atoms with Gasteiger partial charge in [0, 0.05) is 37.0 Å². The SMILES string of the molecule is c1ccc(-c2ccc(-c3ccccc3N(c3ccc(-c4cccc5ccccc45)cc3)c3ccccc3-c3cccc4sc5ccccc5c34)cc2)cc1. The van der Waals surface area contributed by atoms with Crippen LogP contribution in [0.1, 0.15) is 0 Å². The highest BCUT2D eigenvalue weighted by Gasteiger charge is 2.22. The standard InChI is InChI=1S/C52H35NS/c1-2-14-36(15-3-1)37-28-30-40(31-29-37)44-19-6-9-24-48(44)53(41-34-32-39(33-35-41)43-22-12-17-38-16-4-5-18-42(38)43)49-25-10-7-20-45(49)46-23-13-27-51-52(46)47-21-8-11-26-50(47)54-51/h1-35H. The van der Waals surface area contributed by atoms with Crippen molar-refractivity contribution >= 4 is 59.3 Å². The summed E-state index contributed by atoms with van der Waals surface area (Å²) < 4.78 is 2.61. The van der Waals surface area contributed by atoms with Gasteiger partial charge in [0.05, 0.1) is 11.4 Å². The van der Waals surface area contributed by atoms with Crippen molar-refractivity contribution in [2.45, 2.75) is 0 Å². The second-order valence-electron chi connectivity index (χ2n) is 13.7. The van der Waals surface area contributed by atoms with Crippen LogP contribution in [0, 0.1) is 0 Å². The minimum Gasteiger partial charge on any atom is -0.309 e. The van der Waals surface area contributed by atoms with Gasteiger partial charge in [0.15, 0.2) is 0 Å². The van der Waals surface area contributed by atoms with Crippen molar-refractivity contribution in [2.75, 3.05) is 4.90 Å². The molecule has 0 aliphatic rings. The maximum atomic E-state index is 2.45. The van der Waals surface area contributed by atoms with Crippen molar-refractivity contribution in [3.8, 4) is 44.5 Å². The lowest BCUT2D eigenvalue weighted by molar-refractivity contribution is 1.28. The minimum absolute atomic E-state index is 1.10. The molecule has 0 fully saturated rings. The largest absolute Gasteiger partial charge is 0.309 e. The number of benzene rings is 9. The molecule has 1 heterocycles. The topological polar surface area (TPSA) is 3.24 Å². The lowest BCUT2D eigenvalue weighted by Crippen LogP contribution is -2.12. The molecule has 0 unspecified atom stereocenters. The van der Waals surface area contributed by atoms with Gasteiger partial charge in [0.2, 0.25) is 0 Å². The van der Waals surface area contributed by atoms with Crippen LogP contribution in [0.5, 0.6) is 0 Å². The van der Waals surface area contributed by atoms with Crippen molar-refractivity contribution in [2.24, 2.45) is 0 Å². The van der Waals surface area contributed by atoms with Crippen LogP contribution >= 0.6 is 11.3 Å². The van der Waals surface area contributed by atoms with Crippen LogP contribution in [0.25, 0.3) is 75.5 Å². The van der Waals surface area contributed by atoms with Crippen LogP contribution in [0.15, 0.2) is 212 Å². The number of fused-ring (bicyclic) bond motifs is 4. The summed E-state index contributed by atoms with van der Waals surface area (Å²) in [6, 6.07) is 77.1. The van der Waals surface area contributed by atoms with Gasteiger partial charge >= 0.3 is 0 Å². The predicted molar refractivity (Wildman–Crippen MR) is 233 cm³/mol. The molecule has 9 aromatic carbocycles. The number of thiophene rings is 1. The van der Waals surface area contributed by atoms with E-state index in [9.17, 15) is 0 Å². The normalized spacial score (nSPS) is 11.3. The molecule has 0 aliphatic carbocycles. The van der Waals surface area contributed by atoms with Gasteiger partial charge in [-0.1, -0.05) is 176 Å². The summed E-state index contributed by atoms with van der Waals surface area (Å²) in [4.78, 5) is 2.45. The molecule has 1 aromatic heterocycles. The van der Waals surface area contributed by atoms with Crippen LogP contribution in [0.3, 0.4) is 0 Å². The van der Waals surface area contributed by atoms with Crippen LogP contribution in [-0.2, 0) is 0 Å². The Morgan fingerprint density at radius 2 is 0.796 bits per heavy atom. The summed E-state index contributed by atoms with van der Waals surface area (Å²) in [6.45, 7) is 0. The van der Waals surface area contributed by atoms with Crippen LogP contribution in [0.2, 0.25) is 0 Å². The fourth-order valence-corrected chi connectivity index (χ4v) is 9.09. The molecule has 0 saturated heterocycles. The summed E-state index contributed by atoms with van der Waals surface area (Å²) in [6.07, 6.45) is 0. The molecule has 0 N–H and O–H groups in total. The molecule has 10 aromatic rings. The molecule has 0 radical (unpaired) electrons. The lowest BCUT2D eigenvalue weighted by Gasteiger charge is -2.30. The molecule has 254 valence electrons. The van der Waals surface area contributed by atoms with E-state index in [0.717, 1.165) is 17.1 Å². The highest BCUT2D eigenvalue weighted by atomic mass is 32.1. The van der Waals surface area contributed by atoms with E-state index >= 15 is 0 Å². The predicted octanol–water partition coefficient (Wildman–Crippen LogP) is 15.3. The molecule has 0 atom stereocenters. The van der Waals surface area contributed by atoms with E-state index in [4.69, 9.17) is 0 Å². The number of anilines is 3. The third-order valence-corrected chi connectivity index (χ3v) is 11.6. The average molecular weight is 706 g/mol. The first kappa shape index (κ1) is 32.0. The van der Waals surface area contributed by atoms with Gasteiger partial charge in [0.25, 0.3) is 0 Å². The third kappa shape index (κ3) is 5.65. The molecule has 0 bridgehead atoms. The van der Waals surface area contributed by atoms with Crippen LogP contribution in [0.4, 0.5) is 17.1 Å². The van der Waals surface area contributed by atoms with Crippen molar-refractivity contribution in [3.05, 3.63) is 212 Å². The quantitative estimate of drug-likeness (QED) is 0.160. The Bertz CT molecular complexity index is 2920. The van der Waals surface area contributed by atoms with Crippen LogP contribution < -0.4 is 4.90 Å². The molecular formula is C52H35NS. The van der Waals surface area contributed by atoms with E-state index < -0.39 is 0 Å². The Morgan fingerprint density at radius 3 is 1.61 bits per heavy atom. The molecule has 0 aliphatic heterocycles. The summed E-state index contributed by atoms with van der Waals surface area (Å²) in [5.74, 6) is 0. The number of rotatable bonds is 7. The Kier molecular flexibility index (Phi) is 8.09. The highest BCUT2D eigenvalue weighted by molar-refractivity contribution is 7.25. The maximum absolute atomic E-state index is 2.45. The molecule has 0 spiro atoms. The molecule has 0 amide bonds. The minimum atomic E-state index is 1.10. The Balaban J connectivity index is 1.17. The molecular weight excluding hydrogens is 671 g/mol. The monoisotopic (exact) mass is 705 g/mol. The van der Waals surface area contributed by atoms with Gasteiger partial charge in [-0.15, -0.1) is 11.3 Å². The van der Waals surface area contributed by atoms with Crippen molar-refractivity contribution in [3.63, 3.8) is 0 Å². The summed E-state index contributed by atoms with van der Waals surface area (Å²) >= 11 is 1.86. The van der Waals surface area contributed by atoms with E-state index in [0.29, 0.717) is 0 Å². The van der Waals surface area contributed by atoms with Crippen molar-refractivity contribution in [1.82, 2.24) is 0 Å². The summed E-state index contributed by atoms with van der Waals surface area (Å²) in [5, 5.41) is 5.11. The molecule has 1 nitrogen and oxygen atoms in total. The molecule has 0 saturated carbocycles. The van der Waals surface area contributed by atoms with Gasteiger partial charge in [-0.3, -0.25) is 0 Å². The summed E-state index contributed by atoms with van der Waals surface area (Å²) in [5.41, 5.74) is 13.0. The van der Waals surface area contributed by atoms with E-state index in [1.54, 1.807) is 0 Å². The second kappa shape index (κ2) is 13.7. The molecule has 10 rings (SSSR count). The average Bonchev–Trinajstić information content (AvgIpc) is 3.64. The van der Waals surface area contributed by atoms with E-state index in [1.165, 1.54) is 75.5 Å². The number of hydrogen-bond acceptors (Lipinski definition) is 2. The van der Waals surface area contributed by atoms with Gasteiger partial charge in [-0.25, -0.2) is 0 Å². The molecule has 54 heavy (non-hydrogen) atoms. The first-order chi connectivity index (χ1) is 26.8. The zero-order valence-electron chi connectivity index (χ0n) is 29.6. The van der Waals surface area contributed by atoms with Gasteiger partial charge in [0.1, 0.15) is 0 Å². The number of para-hydroxylation sites is 2. The molecule has 2 heteroatoms. The smallest absolute Gasteiger partial charge is 0.0540 e. The lowest BCUT2D eigenvalue weighted by atomic mass is 9.95. The van der Waals surface area contributed by atoms with Gasteiger partial charge in [-0.05, 0) is 80.6 Å². The fraction of sp³-hybridized carbons (Fsp3) is 0. The first-order valence-corrected chi connectivity index (χ1v) is 19.2.